The fraction of sp³-hybridized carbons (Fsp3) is 0.655. The number of carboxylic acids is 1. The highest BCUT2D eigenvalue weighted by molar-refractivity contribution is 5.75. The van der Waals surface area contributed by atoms with Gasteiger partial charge in [0, 0.05) is 5.92 Å². The summed E-state index contributed by atoms with van der Waals surface area (Å²) in [6.45, 7) is 12.6. The van der Waals surface area contributed by atoms with Crippen LogP contribution in [0.2, 0.25) is 0 Å². The summed E-state index contributed by atoms with van der Waals surface area (Å²) in [5.74, 6) is -3.14. The van der Waals surface area contributed by atoms with Crippen LogP contribution in [0.5, 0.6) is 11.5 Å². The van der Waals surface area contributed by atoms with Gasteiger partial charge in [-0.25, -0.2) is 9.59 Å². The van der Waals surface area contributed by atoms with Gasteiger partial charge in [-0.05, 0) is 64.2 Å². The quantitative estimate of drug-likeness (QED) is 0.138. The molecule has 1 rings (SSSR count). The molecule has 1 aromatic rings. The Bertz CT molecular complexity index is 982. The Morgan fingerprint density at radius 1 is 0.800 bits per heavy atom. The van der Waals surface area contributed by atoms with E-state index in [9.17, 15) is 24.3 Å². The lowest BCUT2D eigenvalue weighted by atomic mass is 9.87. The average molecular weight is 568 g/mol. The second kappa shape index (κ2) is 17.4. The highest BCUT2D eigenvalue weighted by atomic mass is 16.7. The van der Waals surface area contributed by atoms with Crippen molar-refractivity contribution in [1.82, 2.24) is 0 Å². The molecule has 0 amide bonds. The first kappa shape index (κ1) is 34.7. The van der Waals surface area contributed by atoms with Gasteiger partial charge < -0.3 is 34.5 Å². The van der Waals surface area contributed by atoms with Gasteiger partial charge in [-0.3, -0.25) is 9.59 Å². The summed E-state index contributed by atoms with van der Waals surface area (Å²) in [4.78, 5) is 49.0. The summed E-state index contributed by atoms with van der Waals surface area (Å²) in [7, 11) is 0. The zero-order chi connectivity index (χ0) is 30.4. The number of benzene rings is 1. The van der Waals surface area contributed by atoms with Crippen LogP contribution in [0.1, 0.15) is 98.5 Å². The zero-order valence-electron chi connectivity index (χ0n) is 24.6. The van der Waals surface area contributed by atoms with Crippen molar-refractivity contribution >= 4 is 24.2 Å². The Morgan fingerprint density at radius 2 is 1.32 bits per heavy atom. The van der Waals surface area contributed by atoms with E-state index in [0.717, 1.165) is 12.8 Å². The van der Waals surface area contributed by atoms with Crippen molar-refractivity contribution < 1.29 is 48.0 Å². The number of hydrogen-bond acceptors (Lipinski definition) is 10. The van der Waals surface area contributed by atoms with Gasteiger partial charge in [0.25, 0.3) is 0 Å². The Hall–Kier alpha value is -3.34. The summed E-state index contributed by atoms with van der Waals surface area (Å²) in [6, 6.07) is 2.85. The van der Waals surface area contributed by atoms with Crippen LogP contribution >= 0.6 is 0 Å². The number of esters is 1. The molecule has 11 heteroatoms. The lowest BCUT2D eigenvalue weighted by Gasteiger charge is -2.26. The number of rotatable bonds is 16. The number of hydrogen-bond donors (Lipinski definition) is 2. The first-order valence-corrected chi connectivity index (χ1v) is 13.9. The molecule has 3 N–H and O–H groups in total. The van der Waals surface area contributed by atoms with Crippen molar-refractivity contribution in [1.29, 1.82) is 0 Å². The maximum atomic E-state index is 12.5. The largest absolute Gasteiger partial charge is 0.514 e. The van der Waals surface area contributed by atoms with E-state index in [4.69, 9.17) is 29.4 Å². The highest BCUT2D eigenvalue weighted by Crippen LogP contribution is 2.35. The van der Waals surface area contributed by atoms with Gasteiger partial charge in [0.1, 0.15) is 18.2 Å². The van der Waals surface area contributed by atoms with Crippen molar-refractivity contribution in [2.45, 2.75) is 117 Å². The van der Waals surface area contributed by atoms with Crippen molar-refractivity contribution in [3.8, 4) is 11.5 Å². The normalized spacial score (nSPS) is 15.5. The Kier molecular flexibility index (Phi) is 15.1. The molecule has 11 nitrogen and oxygen atoms in total. The van der Waals surface area contributed by atoms with Gasteiger partial charge in [-0.1, -0.05) is 46.6 Å². The summed E-state index contributed by atoms with van der Waals surface area (Å²) in [5.41, 5.74) is 6.40. The van der Waals surface area contributed by atoms with E-state index in [-0.39, 0.29) is 23.8 Å². The van der Waals surface area contributed by atoms with Crippen LogP contribution in [-0.2, 0) is 23.8 Å². The summed E-state index contributed by atoms with van der Waals surface area (Å²) >= 11 is 0. The molecule has 40 heavy (non-hydrogen) atoms. The number of aliphatic carboxylic acids is 1. The lowest BCUT2D eigenvalue weighted by molar-refractivity contribution is -0.153. The van der Waals surface area contributed by atoms with Crippen LogP contribution in [0.4, 0.5) is 9.59 Å². The lowest BCUT2D eigenvalue weighted by Crippen LogP contribution is -2.38. The molecule has 6 atom stereocenters. The molecule has 5 unspecified atom stereocenters. The zero-order valence-corrected chi connectivity index (χ0v) is 24.6. The SMILES string of the molecule is CCCC(C)OC(=O)Oc1ccc(C(CC(C)OC(=O)C(C)CC)[C@H](N)C(=O)O)cc1OC(=O)OC(C)CCC. The minimum Gasteiger partial charge on any atom is -0.480 e. The summed E-state index contributed by atoms with van der Waals surface area (Å²) < 4.78 is 26.7. The van der Waals surface area contributed by atoms with E-state index in [1.54, 1.807) is 27.7 Å². The van der Waals surface area contributed by atoms with Gasteiger partial charge in [-0.2, -0.15) is 0 Å². The third kappa shape index (κ3) is 11.8. The topological polar surface area (TPSA) is 161 Å². The second-order valence-corrected chi connectivity index (χ2v) is 10.1. The first-order chi connectivity index (χ1) is 18.8. The van der Waals surface area contributed by atoms with Crippen molar-refractivity contribution in [3.05, 3.63) is 23.8 Å². The van der Waals surface area contributed by atoms with Crippen LogP contribution in [0, 0.1) is 5.92 Å². The predicted molar refractivity (Wildman–Crippen MR) is 147 cm³/mol. The molecule has 0 aliphatic rings. The second-order valence-electron chi connectivity index (χ2n) is 10.1. The third-order valence-corrected chi connectivity index (χ3v) is 6.40. The maximum absolute atomic E-state index is 12.5. The number of carboxylic acid groups (broad SMARTS) is 1. The Morgan fingerprint density at radius 3 is 1.80 bits per heavy atom. The Labute approximate surface area is 236 Å². The fourth-order valence-electron chi connectivity index (χ4n) is 3.96. The van der Waals surface area contributed by atoms with Crippen molar-refractivity contribution in [3.63, 3.8) is 0 Å². The standard InChI is InChI=1S/C29H45NO10/c1-8-11-18(5)37-28(34)39-23-14-13-21(16-24(23)40-29(35)38-19(6)12-9-2)22(25(30)26(31)32)15-20(7)36-27(33)17(4)10-3/h13-14,16-20,22,25H,8-12,15,30H2,1-7H3,(H,31,32)/t17?,18?,19?,20?,22?,25-/m0/s1. The molecule has 0 aliphatic carbocycles. The highest BCUT2D eigenvalue weighted by Gasteiger charge is 2.31. The van der Waals surface area contributed by atoms with Gasteiger partial charge >= 0.3 is 24.2 Å². The van der Waals surface area contributed by atoms with Gasteiger partial charge in [0.05, 0.1) is 12.0 Å². The van der Waals surface area contributed by atoms with Gasteiger partial charge in [-0.15, -0.1) is 0 Å². The molecule has 0 bridgehead atoms. The smallest absolute Gasteiger partial charge is 0.480 e. The predicted octanol–water partition coefficient (Wildman–Crippen LogP) is 5.96. The molecule has 0 spiro atoms. The summed E-state index contributed by atoms with van der Waals surface area (Å²) in [5, 5.41) is 9.68. The molecular formula is C29H45NO10. The van der Waals surface area contributed by atoms with Crippen LogP contribution in [0.25, 0.3) is 0 Å². The molecule has 0 heterocycles. The van der Waals surface area contributed by atoms with E-state index < -0.39 is 54.5 Å². The minimum atomic E-state index is -1.37. The number of carbonyl (C=O) groups is 4. The monoisotopic (exact) mass is 567 g/mol. The molecule has 0 fully saturated rings. The molecule has 1 aromatic carbocycles. The number of carbonyl (C=O) groups excluding carboxylic acids is 3. The average Bonchev–Trinajstić information content (AvgIpc) is 2.87. The van der Waals surface area contributed by atoms with E-state index in [1.165, 1.54) is 18.2 Å². The number of nitrogens with two attached hydrogens (primary N) is 1. The van der Waals surface area contributed by atoms with Crippen molar-refractivity contribution in [2.24, 2.45) is 11.7 Å². The molecule has 0 aromatic heterocycles. The first-order valence-electron chi connectivity index (χ1n) is 13.9. The van der Waals surface area contributed by atoms with Gasteiger partial charge in [0.2, 0.25) is 0 Å². The van der Waals surface area contributed by atoms with Crippen molar-refractivity contribution in [2.75, 3.05) is 0 Å². The van der Waals surface area contributed by atoms with E-state index in [1.807, 2.05) is 20.8 Å². The molecular weight excluding hydrogens is 522 g/mol. The number of ether oxygens (including phenoxy) is 5. The molecule has 0 saturated heterocycles. The Balaban J connectivity index is 3.35. The molecule has 0 aliphatic heterocycles. The fourth-order valence-corrected chi connectivity index (χ4v) is 3.96. The maximum Gasteiger partial charge on any atom is 0.514 e. The molecule has 0 radical (unpaired) electrons. The van der Waals surface area contributed by atoms with E-state index in [2.05, 4.69) is 0 Å². The van der Waals surface area contributed by atoms with Crippen LogP contribution < -0.4 is 15.2 Å². The van der Waals surface area contributed by atoms with Gasteiger partial charge in [0.15, 0.2) is 11.5 Å². The minimum absolute atomic E-state index is 0.0733. The third-order valence-electron chi connectivity index (χ3n) is 6.40. The van der Waals surface area contributed by atoms with Crippen LogP contribution in [0.15, 0.2) is 18.2 Å². The molecule has 226 valence electrons. The van der Waals surface area contributed by atoms with E-state index >= 15 is 0 Å². The van der Waals surface area contributed by atoms with Crippen LogP contribution in [-0.4, -0.2) is 53.7 Å². The molecule has 0 saturated carbocycles. The summed E-state index contributed by atoms with van der Waals surface area (Å²) in [6.07, 6.45) is 0.0225. The van der Waals surface area contributed by atoms with Crippen LogP contribution in [0.3, 0.4) is 0 Å². The van der Waals surface area contributed by atoms with E-state index in [0.29, 0.717) is 24.8 Å².